The van der Waals surface area contributed by atoms with Crippen molar-refractivity contribution in [3.05, 3.63) is 136 Å². The maximum Gasteiger partial charge on any atom is 0.461 e. The Morgan fingerprint density at radius 1 is 0.778 bits per heavy atom. The Morgan fingerprint density at radius 2 is 1.44 bits per heavy atom. The molecular formula is C33H25F9O3. The number of hydrogen-bond donors (Lipinski definition) is 0. The third-order valence-corrected chi connectivity index (χ3v) is 7.15. The third-order valence-electron chi connectivity index (χ3n) is 7.15. The molecule has 0 fully saturated rings. The van der Waals surface area contributed by atoms with Gasteiger partial charge in [-0.25, -0.2) is 8.78 Å². The van der Waals surface area contributed by atoms with Gasteiger partial charge in [-0.05, 0) is 59.0 Å². The van der Waals surface area contributed by atoms with Gasteiger partial charge in [-0.15, -0.1) is 0 Å². The molecule has 0 heterocycles. The molecule has 0 aromatic heterocycles. The van der Waals surface area contributed by atoms with Crippen molar-refractivity contribution in [2.75, 3.05) is 7.11 Å². The first-order valence-corrected chi connectivity index (χ1v) is 13.3. The van der Waals surface area contributed by atoms with Crippen molar-refractivity contribution >= 4 is 5.78 Å². The number of benzene rings is 4. The van der Waals surface area contributed by atoms with Gasteiger partial charge in [0.25, 0.3) is 0 Å². The lowest BCUT2D eigenvalue weighted by Gasteiger charge is -2.36. The number of ether oxygens (including phenoxy) is 2. The average molecular weight is 641 g/mol. The van der Waals surface area contributed by atoms with Crippen LogP contribution < -0.4 is 4.74 Å². The molecule has 0 spiro atoms. The molecule has 3 nitrogen and oxygen atoms in total. The summed E-state index contributed by atoms with van der Waals surface area (Å²) in [6.07, 6.45) is -15.2. The zero-order valence-electron chi connectivity index (χ0n) is 23.5. The monoisotopic (exact) mass is 640 g/mol. The van der Waals surface area contributed by atoms with Crippen molar-refractivity contribution in [2.45, 2.75) is 43.6 Å². The molecule has 0 aliphatic carbocycles. The van der Waals surface area contributed by atoms with Crippen LogP contribution in [0.25, 0.3) is 0 Å². The van der Waals surface area contributed by atoms with Crippen LogP contribution in [-0.2, 0) is 29.4 Å². The van der Waals surface area contributed by atoms with Gasteiger partial charge >= 0.3 is 18.7 Å². The Hall–Kier alpha value is -4.32. The molecule has 0 bridgehead atoms. The number of carbonyl (C=O) groups is 1. The standard InChI is InChI=1S/C33H25F9O3/c1-44-19-21-7-10-23(11-8-21)31(17-20-5-3-2-4-6-20,18-29(43)22-9-12-28(35)27(13-22)32(38,39)40)24-14-25(34)16-26(15-24)45-33(41,42)30(36)37/h2-16,30H,17-19H2,1H3/t31-/m1/s1. The van der Waals surface area contributed by atoms with Gasteiger partial charge in [0, 0.05) is 30.6 Å². The smallest absolute Gasteiger partial charge is 0.428 e. The van der Waals surface area contributed by atoms with E-state index in [0.29, 0.717) is 34.9 Å². The van der Waals surface area contributed by atoms with Gasteiger partial charge in [0.15, 0.2) is 5.78 Å². The lowest BCUT2D eigenvalue weighted by atomic mass is 9.66. The number of Topliss-reactive ketones (excluding diaryl/α,β-unsaturated/α-hetero) is 1. The van der Waals surface area contributed by atoms with E-state index in [1.54, 1.807) is 54.6 Å². The quantitative estimate of drug-likeness (QED) is 0.114. The number of halogens is 9. The summed E-state index contributed by atoms with van der Waals surface area (Å²) in [5.74, 6) is -4.68. The highest BCUT2D eigenvalue weighted by molar-refractivity contribution is 5.97. The van der Waals surface area contributed by atoms with Gasteiger partial charge in [0.2, 0.25) is 0 Å². The van der Waals surface area contributed by atoms with Gasteiger partial charge in [-0.3, -0.25) is 4.79 Å². The fourth-order valence-electron chi connectivity index (χ4n) is 5.06. The van der Waals surface area contributed by atoms with E-state index in [0.717, 1.165) is 18.2 Å². The number of hydrogen-bond acceptors (Lipinski definition) is 3. The summed E-state index contributed by atoms with van der Waals surface area (Å²) in [5, 5.41) is 0. The normalized spacial score (nSPS) is 13.5. The number of methoxy groups -OCH3 is 1. The maximum atomic E-state index is 15.1. The minimum absolute atomic E-state index is 0.134. The van der Waals surface area contributed by atoms with Crippen molar-refractivity contribution in [1.82, 2.24) is 0 Å². The van der Waals surface area contributed by atoms with Gasteiger partial charge < -0.3 is 9.47 Å². The van der Waals surface area contributed by atoms with Crippen LogP contribution in [0.2, 0.25) is 0 Å². The number of carbonyl (C=O) groups excluding carboxylic acids is 1. The van der Waals surface area contributed by atoms with Crippen molar-refractivity contribution in [3.8, 4) is 5.75 Å². The molecule has 0 saturated heterocycles. The van der Waals surface area contributed by atoms with Crippen molar-refractivity contribution in [2.24, 2.45) is 0 Å². The molecule has 0 amide bonds. The lowest BCUT2D eigenvalue weighted by Crippen LogP contribution is -2.35. The van der Waals surface area contributed by atoms with Crippen LogP contribution >= 0.6 is 0 Å². The van der Waals surface area contributed by atoms with Crippen LogP contribution in [0.3, 0.4) is 0 Å². The molecule has 0 aliphatic heterocycles. The maximum absolute atomic E-state index is 15.1. The summed E-state index contributed by atoms with van der Waals surface area (Å²) in [7, 11) is 1.45. The predicted molar refractivity (Wildman–Crippen MR) is 146 cm³/mol. The van der Waals surface area contributed by atoms with Crippen molar-refractivity contribution < 1.29 is 53.8 Å². The highest BCUT2D eigenvalue weighted by Crippen LogP contribution is 2.43. The Morgan fingerprint density at radius 3 is 2.04 bits per heavy atom. The molecule has 4 aromatic carbocycles. The second kappa shape index (κ2) is 13.4. The minimum Gasteiger partial charge on any atom is -0.428 e. The van der Waals surface area contributed by atoms with Gasteiger partial charge in [-0.2, -0.15) is 30.7 Å². The van der Waals surface area contributed by atoms with E-state index in [9.17, 15) is 39.9 Å². The predicted octanol–water partition coefficient (Wildman–Crippen LogP) is 9.17. The highest BCUT2D eigenvalue weighted by atomic mass is 19.4. The number of rotatable bonds is 12. The molecule has 0 saturated carbocycles. The number of ketones is 1. The van der Waals surface area contributed by atoms with E-state index in [-0.39, 0.29) is 18.6 Å². The molecule has 0 radical (unpaired) electrons. The summed E-state index contributed by atoms with van der Waals surface area (Å²) in [4.78, 5) is 13.8. The first kappa shape index (κ1) is 33.6. The topological polar surface area (TPSA) is 35.5 Å². The largest absolute Gasteiger partial charge is 0.461 e. The molecular weight excluding hydrogens is 615 g/mol. The van der Waals surface area contributed by atoms with Gasteiger partial charge in [0.1, 0.15) is 17.4 Å². The van der Waals surface area contributed by atoms with Crippen LogP contribution in [0.15, 0.2) is 91.0 Å². The summed E-state index contributed by atoms with van der Waals surface area (Å²) >= 11 is 0. The van der Waals surface area contributed by atoms with E-state index in [1.807, 2.05) is 0 Å². The zero-order chi connectivity index (χ0) is 33.0. The molecule has 4 aromatic rings. The molecule has 4 rings (SSSR count). The van der Waals surface area contributed by atoms with Crippen LogP contribution in [0.5, 0.6) is 5.75 Å². The molecule has 238 valence electrons. The minimum atomic E-state index is -5.12. The van der Waals surface area contributed by atoms with Crippen LogP contribution in [0.1, 0.15) is 44.6 Å². The molecule has 12 heteroatoms. The van der Waals surface area contributed by atoms with Crippen molar-refractivity contribution in [3.63, 3.8) is 0 Å². The summed E-state index contributed by atoms with van der Waals surface area (Å²) < 4.78 is 133. The Kier molecular flexibility index (Phi) is 9.96. The fourth-order valence-corrected chi connectivity index (χ4v) is 5.06. The molecule has 0 aliphatic rings. The second-order valence-corrected chi connectivity index (χ2v) is 10.3. The first-order valence-electron chi connectivity index (χ1n) is 13.3. The van der Waals surface area contributed by atoms with Gasteiger partial charge in [0.05, 0.1) is 12.2 Å². The molecule has 0 N–H and O–H groups in total. The summed E-state index contributed by atoms with van der Waals surface area (Å²) in [5.41, 5.74) is -2.54. The van der Waals surface area contributed by atoms with E-state index in [4.69, 9.17) is 4.74 Å². The van der Waals surface area contributed by atoms with Gasteiger partial charge in [-0.1, -0.05) is 54.6 Å². The Balaban J connectivity index is 1.96. The molecule has 1 atom stereocenters. The third kappa shape index (κ3) is 7.86. The van der Waals surface area contributed by atoms with Crippen LogP contribution in [-0.4, -0.2) is 25.4 Å². The molecule has 45 heavy (non-hydrogen) atoms. The van der Waals surface area contributed by atoms with E-state index < -0.39 is 64.8 Å². The highest BCUT2D eigenvalue weighted by Gasteiger charge is 2.45. The lowest BCUT2D eigenvalue weighted by molar-refractivity contribution is -0.253. The fraction of sp³-hybridized carbons (Fsp3) is 0.242. The zero-order valence-corrected chi connectivity index (χ0v) is 23.5. The SMILES string of the molecule is COCc1ccc([C@](CC(=O)c2ccc(F)c(C(F)(F)F)c2)(Cc2ccccc2)c2cc(F)cc(OC(F)(F)C(F)F)c2)cc1. The van der Waals surface area contributed by atoms with Crippen molar-refractivity contribution in [1.29, 1.82) is 0 Å². The summed E-state index contributed by atoms with van der Waals surface area (Å²) in [6.45, 7) is 0.182. The summed E-state index contributed by atoms with van der Waals surface area (Å²) in [6, 6.07) is 18.6. The van der Waals surface area contributed by atoms with Crippen LogP contribution in [0.4, 0.5) is 39.5 Å². The molecule has 0 unspecified atom stereocenters. The van der Waals surface area contributed by atoms with E-state index in [2.05, 4.69) is 4.74 Å². The number of alkyl halides is 7. The van der Waals surface area contributed by atoms with E-state index >= 15 is 4.39 Å². The van der Waals surface area contributed by atoms with Crippen LogP contribution in [0, 0.1) is 11.6 Å². The van der Waals surface area contributed by atoms with E-state index in [1.165, 1.54) is 7.11 Å². The Bertz CT molecular complexity index is 1620. The average Bonchev–Trinajstić information content (AvgIpc) is 2.97. The first-order chi connectivity index (χ1) is 21.1. The Labute approximate surface area is 252 Å². The second-order valence-electron chi connectivity index (χ2n) is 10.3.